The van der Waals surface area contributed by atoms with Crippen LogP contribution in [0.5, 0.6) is 11.5 Å². The van der Waals surface area contributed by atoms with E-state index in [4.69, 9.17) is 14.2 Å². The van der Waals surface area contributed by atoms with Crippen LogP contribution in [0.1, 0.15) is 51.4 Å². The first-order chi connectivity index (χ1) is 17.0. The summed E-state index contributed by atoms with van der Waals surface area (Å²) < 4.78 is 30.0. The van der Waals surface area contributed by atoms with Gasteiger partial charge in [-0.05, 0) is 80.2 Å². The van der Waals surface area contributed by atoms with Crippen LogP contribution in [0.15, 0.2) is 60.7 Å². The number of esters is 1. The normalized spacial score (nSPS) is 16.8. The molecule has 0 saturated carbocycles. The van der Waals surface area contributed by atoms with Gasteiger partial charge in [0.05, 0.1) is 19.8 Å². The lowest BCUT2D eigenvalue weighted by Crippen LogP contribution is -2.30. The van der Waals surface area contributed by atoms with Gasteiger partial charge in [-0.1, -0.05) is 36.4 Å². The molecular weight excluding hydrogens is 445 g/mol. The number of carbonyl (C=O) groups excluding carboxylic acids is 1. The van der Waals surface area contributed by atoms with E-state index in [2.05, 4.69) is 17.4 Å². The molecule has 2 atom stereocenters. The van der Waals surface area contributed by atoms with Gasteiger partial charge in [-0.2, -0.15) is 0 Å². The number of hydrogen-bond acceptors (Lipinski definition) is 5. The molecule has 4 rings (SSSR count). The first-order valence-electron chi connectivity index (χ1n) is 12.0. The van der Waals surface area contributed by atoms with Gasteiger partial charge in [0.2, 0.25) is 0 Å². The van der Waals surface area contributed by atoms with E-state index in [1.165, 1.54) is 20.3 Å². The van der Waals surface area contributed by atoms with Crippen molar-refractivity contribution in [3.63, 3.8) is 0 Å². The SMILES string of the molecule is COC(=O)c1cc(C2CC(CCNCCc3ccc(F)c(OC)c3)Oc3ccccc32)ccc1C. The standard InChI is InChI=1S/C29H32FNO4/c1-19-8-10-21(17-24(19)29(32)34-3)25-18-22(35-27-7-5-4-6-23(25)27)13-15-31-14-12-20-9-11-26(30)28(16-20)33-2/h4-11,16-17,22,25,31H,12-15,18H2,1-3H3. The molecule has 0 aliphatic carbocycles. The van der Waals surface area contributed by atoms with Gasteiger partial charge in [0.15, 0.2) is 11.6 Å². The third-order valence-corrected chi connectivity index (χ3v) is 6.61. The van der Waals surface area contributed by atoms with Gasteiger partial charge in [-0.15, -0.1) is 0 Å². The second-order valence-electron chi connectivity index (χ2n) is 8.89. The number of methoxy groups -OCH3 is 2. The zero-order valence-corrected chi connectivity index (χ0v) is 20.5. The van der Waals surface area contributed by atoms with Crippen LogP contribution in [0.3, 0.4) is 0 Å². The summed E-state index contributed by atoms with van der Waals surface area (Å²) in [6, 6.07) is 19.1. The van der Waals surface area contributed by atoms with Crippen molar-refractivity contribution in [3.05, 3.63) is 94.3 Å². The molecule has 3 aromatic rings. The van der Waals surface area contributed by atoms with Crippen molar-refractivity contribution in [2.24, 2.45) is 0 Å². The lowest BCUT2D eigenvalue weighted by Gasteiger charge is -2.33. The molecule has 3 aromatic carbocycles. The van der Waals surface area contributed by atoms with E-state index in [1.54, 1.807) is 12.1 Å². The van der Waals surface area contributed by atoms with Gasteiger partial charge in [-0.25, -0.2) is 9.18 Å². The highest BCUT2D eigenvalue weighted by atomic mass is 19.1. The first kappa shape index (κ1) is 24.7. The Kier molecular flexibility index (Phi) is 8.03. The summed E-state index contributed by atoms with van der Waals surface area (Å²) in [5.74, 6) is 0.646. The average molecular weight is 478 g/mol. The Balaban J connectivity index is 1.39. The summed E-state index contributed by atoms with van der Waals surface area (Å²) in [7, 11) is 2.89. The van der Waals surface area contributed by atoms with Crippen molar-refractivity contribution in [1.82, 2.24) is 5.32 Å². The molecule has 6 heteroatoms. The van der Waals surface area contributed by atoms with E-state index in [-0.39, 0.29) is 29.6 Å². The van der Waals surface area contributed by atoms with Crippen LogP contribution in [-0.2, 0) is 11.2 Å². The largest absolute Gasteiger partial charge is 0.494 e. The Morgan fingerprint density at radius 3 is 2.71 bits per heavy atom. The van der Waals surface area contributed by atoms with Gasteiger partial charge >= 0.3 is 5.97 Å². The van der Waals surface area contributed by atoms with E-state index in [0.717, 1.165) is 60.4 Å². The van der Waals surface area contributed by atoms with Crippen molar-refractivity contribution in [2.75, 3.05) is 27.3 Å². The molecule has 0 amide bonds. The van der Waals surface area contributed by atoms with Crippen molar-refractivity contribution in [3.8, 4) is 11.5 Å². The summed E-state index contributed by atoms with van der Waals surface area (Å²) in [5.41, 5.74) is 4.76. The van der Waals surface area contributed by atoms with Gasteiger partial charge in [0, 0.05) is 11.5 Å². The Morgan fingerprint density at radius 2 is 1.91 bits per heavy atom. The molecule has 35 heavy (non-hydrogen) atoms. The molecule has 1 heterocycles. The van der Waals surface area contributed by atoms with Gasteiger partial charge < -0.3 is 19.5 Å². The maximum atomic E-state index is 13.6. The topological polar surface area (TPSA) is 56.8 Å². The molecule has 0 bridgehead atoms. The maximum Gasteiger partial charge on any atom is 0.338 e. The average Bonchev–Trinajstić information content (AvgIpc) is 2.88. The number of rotatable bonds is 9. The Bertz CT molecular complexity index is 1180. The number of hydrogen-bond donors (Lipinski definition) is 1. The highest BCUT2D eigenvalue weighted by Crippen LogP contribution is 2.41. The minimum Gasteiger partial charge on any atom is -0.494 e. The second kappa shape index (κ2) is 11.4. The Labute approximate surface area is 206 Å². The number of ether oxygens (including phenoxy) is 3. The summed E-state index contributed by atoms with van der Waals surface area (Å²) in [6.45, 7) is 3.51. The van der Waals surface area contributed by atoms with Crippen LogP contribution in [-0.4, -0.2) is 39.4 Å². The fourth-order valence-corrected chi connectivity index (χ4v) is 4.65. The molecular formula is C29H32FNO4. The van der Waals surface area contributed by atoms with Crippen molar-refractivity contribution in [2.45, 2.75) is 38.2 Å². The number of aryl methyl sites for hydroxylation is 1. The number of benzene rings is 3. The molecule has 0 fully saturated rings. The molecule has 0 aromatic heterocycles. The summed E-state index contributed by atoms with van der Waals surface area (Å²) in [5, 5.41) is 3.48. The minimum atomic E-state index is -0.347. The van der Waals surface area contributed by atoms with E-state index < -0.39 is 0 Å². The fourth-order valence-electron chi connectivity index (χ4n) is 4.65. The highest BCUT2D eigenvalue weighted by Gasteiger charge is 2.29. The molecule has 1 aliphatic rings. The predicted octanol–water partition coefficient (Wildman–Crippen LogP) is 5.43. The van der Waals surface area contributed by atoms with Crippen molar-refractivity contribution < 1.29 is 23.4 Å². The third kappa shape index (κ3) is 5.82. The van der Waals surface area contributed by atoms with Gasteiger partial charge in [0.25, 0.3) is 0 Å². The van der Waals surface area contributed by atoms with E-state index >= 15 is 0 Å². The number of nitrogens with one attached hydrogen (secondary N) is 1. The third-order valence-electron chi connectivity index (χ3n) is 6.61. The van der Waals surface area contributed by atoms with E-state index in [9.17, 15) is 9.18 Å². The van der Waals surface area contributed by atoms with E-state index in [0.29, 0.717) is 5.56 Å². The molecule has 0 radical (unpaired) electrons. The molecule has 5 nitrogen and oxygen atoms in total. The van der Waals surface area contributed by atoms with E-state index in [1.807, 2.05) is 37.3 Å². The van der Waals surface area contributed by atoms with Gasteiger partial charge in [-0.3, -0.25) is 0 Å². The Hall–Kier alpha value is -3.38. The molecule has 0 spiro atoms. The fraction of sp³-hybridized carbons (Fsp3) is 0.345. The van der Waals surface area contributed by atoms with Crippen LogP contribution >= 0.6 is 0 Å². The van der Waals surface area contributed by atoms with Crippen molar-refractivity contribution >= 4 is 5.97 Å². The molecule has 2 unspecified atom stereocenters. The highest BCUT2D eigenvalue weighted by molar-refractivity contribution is 5.91. The van der Waals surface area contributed by atoms with Gasteiger partial charge in [0.1, 0.15) is 11.9 Å². The monoisotopic (exact) mass is 477 g/mol. The molecule has 0 saturated heterocycles. The zero-order valence-electron chi connectivity index (χ0n) is 20.5. The minimum absolute atomic E-state index is 0.0520. The maximum absolute atomic E-state index is 13.6. The van der Waals surface area contributed by atoms with Crippen LogP contribution in [0.4, 0.5) is 4.39 Å². The van der Waals surface area contributed by atoms with Crippen LogP contribution in [0.25, 0.3) is 0 Å². The summed E-state index contributed by atoms with van der Waals surface area (Å²) in [6.07, 6.45) is 2.52. The molecule has 184 valence electrons. The van der Waals surface area contributed by atoms with Crippen molar-refractivity contribution in [1.29, 1.82) is 0 Å². The molecule has 1 aliphatic heterocycles. The number of fused-ring (bicyclic) bond motifs is 1. The lowest BCUT2D eigenvalue weighted by molar-refractivity contribution is 0.0599. The zero-order chi connectivity index (χ0) is 24.8. The van der Waals surface area contributed by atoms with Crippen LogP contribution < -0.4 is 14.8 Å². The second-order valence-corrected chi connectivity index (χ2v) is 8.89. The predicted molar refractivity (Wildman–Crippen MR) is 134 cm³/mol. The lowest BCUT2D eigenvalue weighted by atomic mass is 9.82. The Morgan fingerprint density at radius 1 is 1.09 bits per heavy atom. The summed E-state index contributed by atoms with van der Waals surface area (Å²) >= 11 is 0. The van der Waals surface area contributed by atoms with Crippen LogP contribution in [0, 0.1) is 12.7 Å². The number of carbonyl (C=O) groups is 1. The number of para-hydroxylation sites is 1. The number of halogens is 1. The first-order valence-corrected chi connectivity index (χ1v) is 12.0. The summed E-state index contributed by atoms with van der Waals surface area (Å²) in [4.78, 5) is 12.3. The molecule has 1 N–H and O–H groups in total. The quantitative estimate of drug-likeness (QED) is 0.329. The smallest absolute Gasteiger partial charge is 0.338 e. The van der Waals surface area contributed by atoms with Crippen LogP contribution in [0.2, 0.25) is 0 Å².